The fourth-order valence-electron chi connectivity index (χ4n) is 1.53. The summed E-state index contributed by atoms with van der Waals surface area (Å²) in [4.78, 5) is 4.69. The number of rotatable bonds is 6. The SMILES string of the molecule is CC(C)SCc1nc(C(CN)C(C)C)cs1. The Bertz CT molecular complexity index is 308. The molecule has 1 atom stereocenters. The highest BCUT2D eigenvalue weighted by Gasteiger charge is 2.17. The Morgan fingerprint density at radius 2 is 2.06 bits per heavy atom. The number of hydrogen-bond acceptors (Lipinski definition) is 4. The summed E-state index contributed by atoms with van der Waals surface area (Å²) in [5.74, 6) is 2.00. The van der Waals surface area contributed by atoms with Gasteiger partial charge in [0.1, 0.15) is 5.01 Å². The quantitative estimate of drug-likeness (QED) is 0.849. The van der Waals surface area contributed by atoms with Crippen molar-refractivity contribution in [1.29, 1.82) is 0 Å². The maximum Gasteiger partial charge on any atom is 0.103 e. The Balaban J connectivity index is 2.62. The predicted molar refractivity (Wildman–Crippen MR) is 75.2 cm³/mol. The maximum atomic E-state index is 5.80. The molecule has 2 nitrogen and oxygen atoms in total. The topological polar surface area (TPSA) is 38.9 Å². The molecular formula is C12H22N2S2. The molecule has 16 heavy (non-hydrogen) atoms. The van der Waals surface area contributed by atoms with Crippen molar-refractivity contribution in [3.8, 4) is 0 Å². The second kappa shape index (κ2) is 6.62. The number of hydrogen-bond donors (Lipinski definition) is 1. The van der Waals surface area contributed by atoms with E-state index in [1.54, 1.807) is 11.3 Å². The summed E-state index contributed by atoms with van der Waals surface area (Å²) in [6.45, 7) is 9.54. The average Bonchev–Trinajstić information content (AvgIpc) is 2.64. The zero-order valence-electron chi connectivity index (χ0n) is 10.6. The lowest BCUT2D eigenvalue weighted by Crippen LogP contribution is -2.18. The maximum absolute atomic E-state index is 5.80. The highest BCUT2D eigenvalue weighted by atomic mass is 32.2. The third-order valence-electron chi connectivity index (χ3n) is 2.55. The molecule has 0 bridgehead atoms. The Morgan fingerprint density at radius 3 is 2.56 bits per heavy atom. The molecule has 1 aromatic heterocycles. The first-order valence-corrected chi connectivity index (χ1v) is 7.73. The summed E-state index contributed by atoms with van der Waals surface area (Å²) in [6.07, 6.45) is 0. The van der Waals surface area contributed by atoms with E-state index < -0.39 is 0 Å². The molecule has 1 aromatic rings. The van der Waals surface area contributed by atoms with Gasteiger partial charge in [-0.3, -0.25) is 0 Å². The summed E-state index contributed by atoms with van der Waals surface area (Å²) in [7, 11) is 0. The third kappa shape index (κ3) is 4.07. The van der Waals surface area contributed by atoms with Crippen LogP contribution in [0.5, 0.6) is 0 Å². The van der Waals surface area contributed by atoms with E-state index >= 15 is 0 Å². The van der Waals surface area contributed by atoms with Crippen molar-refractivity contribution >= 4 is 23.1 Å². The predicted octanol–water partition coefficient (Wildman–Crippen LogP) is 3.48. The Hall–Kier alpha value is -0.0600. The van der Waals surface area contributed by atoms with Crippen LogP contribution in [-0.4, -0.2) is 16.8 Å². The van der Waals surface area contributed by atoms with Gasteiger partial charge in [0, 0.05) is 23.6 Å². The van der Waals surface area contributed by atoms with E-state index in [9.17, 15) is 0 Å². The number of aromatic nitrogens is 1. The molecule has 1 unspecified atom stereocenters. The zero-order valence-corrected chi connectivity index (χ0v) is 12.2. The van der Waals surface area contributed by atoms with Crippen molar-refractivity contribution in [2.24, 2.45) is 11.7 Å². The number of nitrogens with zero attached hydrogens (tertiary/aromatic N) is 1. The molecule has 92 valence electrons. The molecule has 1 rings (SSSR count). The summed E-state index contributed by atoms with van der Waals surface area (Å²) in [5, 5.41) is 4.07. The van der Waals surface area contributed by atoms with Gasteiger partial charge in [-0.15, -0.1) is 11.3 Å². The molecule has 0 fully saturated rings. The van der Waals surface area contributed by atoms with E-state index in [4.69, 9.17) is 10.7 Å². The first-order chi connectivity index (χ1) is 7.54. The van der Waals surface area contributed by atoms with Gasteiger partial charge in [-0.2, -0.15) is 11.8 Å². The van der Waals surface area contributed by atoms with Crippen LogP contribution in [0, 0.1) is 5.92 Å². The van der Waals surface area contributed by atoms with Crippen LogP contribution in [0.25, 0.3) is 0 Å². The summed E-state index contributed by atoms with van der Waals surface area (Å²) < 4.78 is 0. The van der Waals surface area contributed by atoms with Crippen LogP contribution in [-0.2, 0) is 5.75 Å². The zero-order chi connectivity index (χ0) is 12.1. The number of thiazole rings is 1. The van der Waals surface area contributed by atoms with Crippen molar-refractivity contribution in [3.05, 3.63) is 16.1 Å². The van der Waals surface area contributed by atoms with Gasteiger partial charge in [0.25, 0.3) is 0 Å². The molecule has 4 heteroatoms. The van der Waals surface area contributed by atoms with Crippen LogP contribution in [0.2, 0.25) is 0 Å². The van der Waals surface area contributed by atoms with Gasteiger partial charge in [-0.05, 0) is 11.2 Å². The molecular weight excluding hydrogens is 236 g/mol. The van der Waals surface area contributed by atoms with Gasteiger partial charge in [-0.1, -0.05) is 27.7 Å². The van der Waals surface area contributed by atoms with E-state index in [1.807, 2.05) is 11.8 Å². The molecule has 2 N–H and O–H groups in total. The fourth-order valence-corrected chi connectivity index (χ4v) is 3.19. The number of thioether (sulfide) groups is 1. The summed E-state index contributed by atoms with van der Waals surface area (Å²) in [5.41, 5.74) is 6.98. The lowest BCUT2D eigenvalue weighted by atomic mass is 9.93. The summed E-state index contributed by atoms with van der Waals surface area (Å²) in [6, 6.07) is 0. The molecule has 0 radical (unpaired) electrons. The van der Waals surface area contributed by atoms with Crippen LogP contribution in [0.1, 0.15) is 44.3 Å². The van der Waals surface area contributed by atoms with E-state index in [0.717, 1.165) is 5.75 Å². The number of nitrogens with two attached hydrogens (primary N) is 1. The Labute approximate surface area is 107 Å². The molecule has 0 aliphatic rings. The highest BCUT2D eigenvalue weighted by molar-refractivity contribution is 7.99. The molecule has 0 saturated heterocycles. The van der Waals surface area contributed by atoms with E-state index in [2.05, 4.69) is 33.1 Å². The van der Waals surface area contributed by atoms with Gasteiger partial charge in [0.05, 0.1) is 5.69 Å². The van der Waals surface area contributed by atoms with E-state index in [-0.39, 0.29) is 0 Å². The molecule has 1 heterocycles. The average molecular weight is 258 g/mol. The minimum Gasteiger partial charge on any atom is -0.330 e. The second-order valence-electron chi connectivity index (χ2n) is 4.61. The highest BCUT2D eigenvalue weighted by Crippen LogP contribution is 2.27. The first kappa shape index (κ1) is 14.0. The lowest BCUT2D eigenvalue weighted by molar-refractivity contribution is 0.497. The Morgan fingerprint density at radius 1 is 1.38 bits per heavy atom. The molecule has 0 spiro atoms. The smallest absolute Gasteiger partial charge is 0.103 e. The minimum absolute atomic E-state index is 0.411. The normalized spacial score (nSPS) is 13.7. The van der Waals surface area contributed by atoms with Gasteiger partial charge in [0.15, 0.2) is 0 Å². The fraction of sp³-hybridized carbons (Fsp3) is 0.750. The van der Waals surface area contributed by atoms with Crippen molar-refractivity contribution in [2.45, 2.75) is 44.6 Å². The lowest BCUT2D eigenvalue weighted by Gasteiger charge is -2.15. The molecule has 0 saturated carbocycles. The van der Waals surface area contributed by atoms with Crippen molar-refractivity contribution in [2.75, 3.05) is 6.54 Å². The molecule has 0 aliphatic carbocycles. The monoisotopic (exact) mass is 258 g/mol. The van der Waals surface area contributed by atoms with E-state index in [1.165, 1.54) is 10.7 Å². The van der Waals surface area contributed by atoms with Crippen molar-refractivity contribution < 1.29 is 0 Å². The first-order valence-electron chi connectivity index (χ1n) is 5.80. The molecule has 0 aliphatic heterocycles. The minimum atomic E-state index is 0.411. The largest absolute Gasteiger partial charge is 0.330 e. The second-order valence-corrected chi connectivity index (χ2v) is 7.12. The molecule has 0 aromatic carbocycles. The van der Waals surface area contributed by atoms with Gasteiger partial charge >= 0.3 is 0 Å². The summed E-state index contributed by atoms with van der Waals surface area (Å²) >= 11 is 3.71. The van der Waals surface area contributed by atoms with Gasteiger partial charge in [-0.25, -0.2) is 4.98 Å². The van der Waals surface area contributed by atoms with Crippen LogP contribution >= 0.6 is 23.1 Å². The van der Waals surface area contributed by atoms with E-state index in [0.29, 0.717) is 23.6 Å². The standard InChI is InChI=1S/C12H22N2S2/c1-8(2)10(5-13)11-6-16-12(14-11)7-15-9(3)4/h6,8-10H,5,7,13H2,1-4H3. The molecule has 0 amide bonds. The van der Waals surface area contributed by atoms with Crippen LogP contribution in [0.4, 0.5) is 0 Å². The third-order valence-corrected chi connectivity index (χ3v) is 4.70. The van der Waals surface area contributed by atoms with Crippen molar-refractivity contribution in [3.63, 3.8) is 0 Å². The van der Waals surface area contributed by atoms with Gasteiger partial charge < -0.3 is 5.73 Å². The van der Waals surface area contributed by atoms with Crippen LogP contribution < -0.4 is 5.73 Å². The Kier molecular flexibility index (Phi) is 5.79. The van der Waals surface area contributed by atoms with Crippen LogP contribution in [0.3, 0.4) is 0 Å². The van der Waals surface area contributed by atoms with Crippen LogP contribution in [0.15, 0.2) is 5.38 Å². The van der Waals surface area contributed by atoms with Crippen molar-refractivity contribution in [1.82, 2.24) is 4.98 Å². The van der Waals surface area contributed by atoms with Gasteiger partial charge in [0.2, 0.25) is 0 Å².